The zero-order chi connectivity index (χ0) is 21.5. The number of H-pyrrole nitrogens is 1. The lowest BCUT2D eigenvalue weighted by molar-refractivity contribution is -0.135. The number of hydrogen-bond donors (Lipinski definition) is 2. The summed E-state index contributed by atoms with van der Waals surface area (Å²) in [6.07, 6.45) is 2.29. The number of ether oxygens (including phenoxy) is 2. The fourth-order valence-electron chi connectivity index (χ4n) is 3.37. The number of carbonyl (C=O) groups excluding carboxylic acids is 2. The van der Waals surface area contributed by atoms with Crippen LogP contribution in [0.25, 0.3) is 10.9 Å². The molecule has 1 unspecified atom stereocenters. The van der Waals surface area contributed by atoms with E-state index in [9.17, 15) is 9.59 Å². The Balaban J connectivity index is 1.64. The van der Waals surface area contributed by atoms with E-state index in [-0.39, 0.29) is 11.8 Å². The Morgan fingerprint density at radius 2 is 1.80 bits per heavy atom. The highest BCUT2D eigenvalue weighted by Crippen LogP contribution is 2.25. The SMILES string of the molecule is COc1ccccc1OCCN(C)C(=O)C(Cc1c[nH]c2ccccc12)NC(C)=O. The number of para-hydroxylation sites is 3. The van der Waals surface area contributed by atoms with Crippen molar-refractivity contribution in [3.8, 4) is 11.5 Å². The van der Waals surface area contributed by atoms with E-state index < -0.39 is 6.04 Å². The van der Waals surface area contributed by atoms with Crippen LogP contribution in [0.2, 0.25) is 0 Å². The molecule has 3 aromatic rings. The van der Waals surface area contributed by atoms with Gasteiger partial charge in [0.2, 0.25) is 11.8 Å². The zero-order valence-electron chi connectivity index (χ0n) is 17.5. The lowest BCUT2D eigenvalue weighted by Gasteiger charge is -2.24. The van der Waals surface area contributed by atoms with Gasteiger partial charge < -0.3 is 24.7 Å². The summed E-state index contributed by atoms with van der Waals surface area (Å²) < 4.78 is 11.0. The molecule has 0 saturated heterocycles. The molecule has 0 saturated carbocycles. The maximum absolute atomic E-state index is 13.0. The predicted molar refractivity (Wildman–Crippen MR) is 116 cm³/mol. The summed E-state index contributed by atoms with van der Waals surface area (Å²) in [5.41, 5.74) is 1.98. The summed E-state index contributed by atoms with van der Waals surface area (Å²) in [4.78, 5) is 29.5. The highest BCUT2D eigenvalue weighted by Gasteiger charge is 2.24. The van der Waals surface area contributed by atoms with Gasteiger partial charge in [0.25, 0.3) is 0 Å². The van der Waals surface area contributed by atoms with Crippen LogP contribution >= 0.6 is 0 Å². The Bertz CT molecular complexity index is 1010. The number of nitrogens with zero attached hydrogens (tertiary/aromatic N) is 1. The van der Waals surface area contributed by atoms with Gasteiger partial charge in [-0.2, -0.15) is 0 Å². The molecule has 0 aliphatic heterocycles. The van der Waals surface area contributed by atoms with E-state index in [4.69, 9.17) is 9.47 Å². The summed E-state index contributed by atoms with van der Waals surface area (Å²) in [6, 6.07) is 14.6. The molecule has 2 amide bonds. The fourth-order valence-corrected chi connectivity index (χ4v) is 3.37. The Morgan fingerprint density at radius 3 is 2.53 bits per heavy atom. The molecule has 1 aromatic heterocycles. The lowest BCUT2D eigenvalue weighted by atomic mass is 10.0. The van der Waals surface area contributed by atoms with Crippen LogP contribution in [0.4, 0.5) is 0 Å². The molecule has 1 heterocycles. The van der Waals surface area contributed by atoms with Crippen LogP contribution in [0.5, 0.6) is 11.5 Å². The van der Waals surface area contributed by atoms with Gasteiger partial charge in [0, 0.05) is 37.5 Å². The molecule has 2 N–H and O–H groups in total. The number of rotatable bonds is 9. The molecule has 7 nitrogen and oxygen atoms in total. The minimum Gasteiger partial charge on any atom is -0.493 e. The second kappa shape index (κ2) is 9.82. The summed E-state index contributed by atoms with van der Waals surface area (Å²) in [6.45, 7) is 2.10. The number of nitrogens with one attached hydrogen (secondary N) is 2. The molecule has 0 aliphatic rings. The molecule has 1 atom stereocenters. The van der Waals surface area contributed by atoms with Crippen LogP contribution in [0.15, 0.2) is 54.7 Å². The second-order valence-electron chi connectivity index (χ2n) is 7.08. The number of hydrogen-bond acceptors (Lipinski definition) is 4. The van der Waals surface area contributed by atoms with Gasteiger partial charge in [-0.15, -0.1) is 0 Å². The predicted octanol–water partition coefficient (Wildman–Crippen LogP) is 2.76. The van der Waals surface area contributed by atoms with E-state index >= 15 is 0 Å². The fraction of sp³-hybridized carbons (Fsp3) is 0.304. The molecule has 158 valence electrons. The highest BCUT2D eigenvalue weighted by atomic mass is 16.5. The van der Waals surface area contributed by atoms with Crippen LogP contribution in [0.3, 0.4) is 0 Å². The van der Waals surface area contributed by atoms with Gasteiger partial charge in [-0.25, -0.2) is 0 Å². The standard InChI is InChI=1S/C23H27N3O4/c1-16(27)25-20(14-17-15-24-19-9-5-4-8-18(17)19)23(28)26(2)12-13-30-22-11-7-6-10-21(22)29-3/h4-11,15,20,24H,12-14H2,1-3H3,(H,25,27). The molecule has 7 heteroatoms. The van der Waals surface area contributed by atoms with Crippen molar-refractivity contribution in [2.75, 3.05) is 27.3 Å². The Labute approximate surface area is 176 Å². The minimum atomic E-state index is -0.655. The van der Waals surface area contributed by atoms with Gasteiger partial charge in [0.15, 0.2) is 11.5 Å². The Hall–Kier alpha value is -3.48. The lowest BCUT2D eigenvalue weighted by Crippen LogP contribution is -2.48. The van der Waals surface area contributed by atoms with E-state index in [1.165, 1.54) is 6.92 Å². The van der Waals surface area contributed by atoms with Gasteiger partial charge in [0.1, 0.15) is 12.6 Å². The quantitative estimate of drug-likeness (QED) is 0.569. The number of aromatic amines is 1. The summed E-state index contributed by atoms with van der Waals surface area (Å²) in [7, 11) is 3.29. The summed E-state index contributed by atoms with van der Waals surface area (Å²) in [5, 5.41) is 3.83. The molecule has 0 bridgehead atoms. The van der Waals surface area contributed by atoms with E-state index in [0.717, 1.165) is 16.5 Å². The molecule has 0 radical (unpaired) electrons. The third kappa shape index (κ3) is 5.11. The molecule has 3 rings (SSSR count). The number of fused-ring (bicyclic) bond motifs is 1. The van der Waals surface area contributed by atoms with Crippen molar-refractivity contribution in [1.82, 2.24) is 15.2 Å². The Kier molecular flexibility index (Phi) is 6.95. The molecule has 0 spiro atoms. The molecule has 30 heavy (non-hydrogen) atoms. The van der Waals surface area contributed by atoms with E-state index in [1.54, 1.807) is 19.1 Å². The van der Waals surface area contributed by atoms with E-state index in [2.05, 4.69) is 10.3 Å². The first kappa shape index (κ1) is 21.2. The van der Waals surface area contributed by atoms with Crippen LogP contribution in [0, 0.1) is 0 Å². The maximum Gasteiger partial charge on any atom is 0.245 e. The second-order valence-corrected chi connectivity index (χ2v) is 7.08. The maximum atomic E-state index is 13.0. The first-order valence-electron chi connectivity index (χ1n) is 9.82. The number of aromatic nitrogens is 1. The molecule has 2 aromatic carbocycles. The number of likely N-dealkylation sites (N-methyl/N-ethyl adjacent to an activating group) is 1. The highest BCUT2D eigenvalue weighted by molar-refractivity contribution is 5.89. The van der Waals surface area contributed by atoms with Crippen molar-refractivity contribution in [3.63, 3.8) is 0 Å². The van der Waals surface area contributed by atoms with Crippen molar-refractivity contribution in [1.29, 1.82) is 0 Å². The average molecular weight is 409 g/mol. The van der Waals surface area contributed by atoms with Crippen LogP contribution in [0.1, 0.15) is 12.5 Å². The van der Waals surface area contributed by atoms with Crippen LogP contribution in [-0.2, 0) is 16.0 Å². The van der Waals surface area contributed by atoms with Gasteiger partial charge in [-0.3, -0.25) is 9.59 Å². The molecule has 0 aliphatic carbocycles. The monoisotopic (exact) mass is 409 g/mol. The molecular weight excluding hydrogens is 382 g/mol. The summed E-state index contributed by atoms with van der Waals surface area (Å²) >= 11 is 0. The number of benzene rings is 2. The van der Waals surface area contributed by atoms with Crippen LogP contribution < -0.4 is 14.8 Å². The first-order valence-corrected chi connectivity index (χ1v) is 9.82. The average Bonchev–Trinajstić information content (AvgIpc) is 3.15. The normalized spacial score (nSPS) is 11.7. The number of carbonyl (C=O) groups is 2. The smallest absolute Gasteiger partial charge is 0.245 e. The third-order valence-corrected chi connectivity index (χ3v) is 4.90. The third-order valence-electron chi connectivity index (χ3n) is 4.90. The van der Waals surface area contributed by atoms with Crippen molar-refractivity contribution >= 4 is 22.7 Å². The Morgan fingerprint density at radius 1 is 1.10 bits per heavy atom. The van der Waals surface area contributed by atoms with Crippen molar-refractivity contribution in [3.05, 3.63) is 60.3 Å². The number of amides is 2. The van der Waals surface area contributed by atoms with Gasteiger partial charge in [0.05, 0.1) is 13.7 Å². The van der Waals surface area contributed by atoms with Crippen molar-refractivity contribution in [2.45, 2.75) is 19.4 Å². The van der Waals surface area contributed by atoms with E-state index in [0.29, 0.717) is 31.1 Å². The van der Waals surface area contributed by atoms with Crippen LogP contribution in [-0.4, -0.2) is 55.0 Å². The topological polar surface area (TPSA) is 83.7 Å². The number of methoxy groups -OCH3 is 1. The van der Waals surface area contributed by atoms with Gasteiger partial charge in [-0.1, -0.05) is 30.3 Å². The zero-order valence-corrected chi connectivity index (χ0v) is 17.5. The van der Waals surface area contributed by atoms with Crippen molar-refractivity contribution in [2.24, 2.45) is 0 Å². The van der Waals surface area contributed by atoms with E-state index in [1.807, 2.05) is 54.7 Å². The molecule has 0 fully saturated rings. The van der Waals surface area contributed by atoms with Crippen molar-refractivity contribution < 1.29 is 19.1 Å². The van der Waals surface area contributed by atoms with Gasteiger partial charge >= 0.3 is 0 Å². The minimum absolute atomic E-state index is 0.167. The largest absolute Gasteiger partial charge is 0.493 e. The first-order chi connectivity index (χ1) is 14.5. The summed E-state index contributed by atoms with van der Waals surface area (Å²) in [5.74, 6) is 0.853. The van der Waals surface area contributed by atoms with Gasteiger partial charge in [-0.05, 0) is 23.8 Å². The molecular formula is C23H27N3O4.